The average molecular weight is 1090 g/mol. The van der Waals surface area contributed by atoms with Crippen molar-refractivity contribution >= 4 is 39.2 Å². The molecule has 16 atom stereocenters. The van der Waals surface area contributed by atoms with Crippen LogP contribution >= 0.6 is 0 Å². The van der Waals surface area contributed by atoms with Crippen molar-refractivity contribution in [3.05, 3.63) is 47.6 Å². The van der Waals surface area contributed by atoms with E-state index in [1.165, 1.54) is 16.3 Å². The van der Waals surface area contributed by atoms with Crippen molar-refractivity contribution in [1.29, 1.82) is 0 Å². The van der Waals surface area contributed by atoms with E-state index in [2.05, 4.69) is 0 Å². The number of hydrogen-bond donors (Lipinski definition) is 2. The van der Waals surface area contributed by atoms with Gasteiger partial charge in [0.15, 0.2) is 5.78 Å². The fourth-order valence-corrected chi connectivity index (χ4v) is 14.0. The van der Waals surface area contributed by atoms with Gasteiger partial charge in [-0.25, -0.2) is 13.2 Å². The molecule has 6 rings (SSSR count). The van der Waals surface area contributed by atoms with E-state index in [9.17, 15) is 42.6 Å². The molecule has 6 bridgehead atoms. The van der Waals surface area contributed by atoms with Crippen LogP contribution in [0.3, 0.4) is 0 Å². The molecule has 5 fully saturated rings. The number of allylic oxidation sites excluding steroid dienone is 6. The van der Waals surface area contributed by atoms with Crippen LogP contribution in [0.4, 0.5) is 0 Å². The summed E-state index contributed by atoms with van der Waals surface area (Å²) in [6.45, 7) is 12.5. The van der Waals surface area contributed by atoms with E-state index in [1.54, 1.807) is 41.1 Å². The fourth-order valence-electron chi connectivity index (χ4n) is 12.5. The molecule has 0 spiro atoms. The summed E-state index contributed by atoms with van der Waals surface area (Å²) in [5.41, 5.74) is 1.25. The molecule has 5 aliphatic heterocycles. The first-order valence-corrected chi connectivity index (χ1v) is 29.4. The number of hydrogen-bond acceptors (Lipinski definition) is 16. The van der Waals surface area contributed by atoms with Crippen LogP contribution in [0.2, 0.25) is 0 Å². The fraction of sp³-hybridized carbons (Fsp3) is 0.772. The molecule has 1 aliphatic carbocycles. The zero-order valence-electron chi connectivity index (χ0n) is 46.5. The molecular weight excluding hydrogens is 1000 g/mol. The summed E-state index contributed by atoms with van der Waals surface area (Å²) in [5.74, 6) is -8.83. The monoisotopic (exact) mass is 1090 g/mol. The van der Waals surface area contributed by atoms with Gasteiger partial charge in [-0.05, 0) is 107 Å². The molecule has 1 saturated carbocycles. The Balaban J connectivity index is 1.27. The number of aliphatic hydroxyl groups excluding tert-OH is 1. The third-order valence-corrected chi connectivity index (χ3v) is 19.1. The van der Waals surface area contributed by atoms with Crippen molar-refractivity contribution in [3.63, 3.8) is 0 Å². The number of ketones is 3. The lowest BCUT2D eigenvalue weighted by atomic mass is 9.68. The van der Waals surface area contributed by atoms with Gasteiger partial charge in [-0.2, -0.15) is 4.31 Å². The van der Waals surface area contributed by atoms with Crippen LogP contribution in [0.15, 0.2) is 47.6 Å². The highest BCUT2D eigenvalue weighted by Crippen LogP contribution is 2.46. The minimum atomic E-state index is -3.45. The van der Waals surface area contributed by atoms with Gasteiger partial charge >= 0.3 is 5.97 Å². The first-order valence-electron chi connectivity index (χ1n) is 27.8. The Bertz CT molecular complexity index is 2240. The second-order valence-electron chi connectivity index (χ2n) is 22.5. The van der Waals surface area contributed by atoms with E-state index in [0.29, 0.717) is 103 Å². The van der Waals surface area contributed by atoms with Crippen molar-refractivity contribution in [3.8, 4) is 0 Å². The van der Waals surface area contributed by atoms with Gasteiger partial charge in [-0.15, -0.1) is 0 Å². The van der Waals surface area contributed by atoms with Crippen molar-refractivity contribution in [2.75, 3.05) is 66.5 Å². The molecule has 1 amide bonds. The van der Waals surface area contributed by atoms with Crippen LogP contribution < -0.4 is 0 Å². The zero-order valence-corrected chi connectivity index (χ0v) is 47.3. The molecular formula is C57H88N2O16S. The Morgan fingerprint density at radius 2 is 1.57 bits per heavy atom. The summed E-state index contributed by atoms with van der Waals surface area (Å²) in [7, 11) is 1.12. The van der Waals surface area contributed by atoms with Crippen LogP contribution in [-0.2, 0) is 67.2 Å². The van der Waals surface area contributed by atoms with Gasteiger partial charge in [0.1, 0.15) is 30.1 Å². The van der Waals surface area contributed by atoms with Crippen LogP contribution in [0.25, 0.3) is 0 Å². The quantitative estimate of drug-likeness (QED) is 0.113. The second-order valence-corrected chi connectivity index (χ2v) is 24.6. The van der Waals surface area contributed by atoms with Crippen molar-refractivity contribution in [2.45, 2.75) is 173 Å². The van der Waals surface area contributed by atoms with Crippen LogP contribution in [0, 0.1) is 41.4 Å². The maximum Gasteiger partial charge on any atom is 0.329 e. The van der Waals surface area contributed by atoms with Crippen molar-refractivity contribution in [2.24, 2.45) is 41.4 Å². The van der Waals surface area contributed by atoms with Crippen LogP contribution in [0.5, 0.6) is 0 Å². The summed E-state index contributed by atoms with van der Waals surface area (Å²) < 4.78 is 69.0. The average Bonchev–Trinajstić information content (AvgIpc) is 3.43. The van der Waals surface area contributed by atoms with Gasteiger partial charge in [0.2, 0.25) is 15.8 Å². The summed E-state index contributed by atoms with van der Waals surface area (Å²) >= 11 is 0. The van der Waals surface area contributed by atoms with Crippen LogP contribution in [-0.4, -0.2) is 178 Å². The van der Waals surface area contributed by atoms with Gasteiger partial charge < -0.3 is 48.3 Å². The largest absolute Gasteiger partial charge is 0.460 e. The Kier molecular flexibility index (Phi) is 22.8. The molecule has 6 aliphatic rings. The molecule has 4 saturated heterocycles. The van der Waals surface area contributed by atoms with E-state index in [4.69, 9.17) is 33.2 Å². The molecule has 0 radical (unpaired) electrons. The zero-order chi connectivity index (χ0) is 55.5. The molecule has 0 aromatic rings. The van der Waals surface area contributed by atoms with Gasteiger partial charge in [-0.1, -0.05) is 64.2 Å². The topological polar surface area (TPSA) is 231 Å². The maximum absolute atomic E-state index is 14.7. The third-order valence-electron chi connectivity index (χ3n) is 17.1. The number of morpholine rings is 1. The summed E-state index contributed by atoms with van der Waals surface area (Å²) in [5, 5.41) is 23.7. The highest BCUT2D eigenvalue weighted by Gasteiger charge is 2.57. The number of piperidine rings is 1. The summed E-state index contributed by atoms with van der Waals surface area (Å²) in [4.78, 5) is 73.1. The number of Topliss-reactive ketones (excluding diaryl/α,β-unsaturated/α-hetero) is 3. The number of esters is 1. The Hall–Kier alpha value is -3.50. The minimum absolute atomic E-state index is 0.00487. The van der Waals surface area contributed by atoms with E-state index in [-0.39, 0.29) is 60.9 Å². The molecule has 19 heteroatoms. The number of rotatable bonds is 11. The molecule has 76 heavy (non-hydrogen) atoms. The first kappa shape index (κ1) is 61.7. The number of sulfonamides is 1. The molecule has 0 aromatic carbocycles. The van der Waals surface area contributed by atoms with Crippen molar-refractivity contribution < 1.29 is 75.8 Å². The molecule has 0 aromatic heterocycles. The molecule has 2 N–H and O–H groups in total. The number of methoxy groups -OCH3 is 3. The lowest BCUT2D eigenvalue weighted by Gasteiger charge is -2.50. The third kappa shape index (κ3) is 15.2. The molecule has 5 heterocycles. The van der Waals surface area contributed by atoms with E-state index in [1.807, 2.05) is 51.2 Å². The number of carbonyl (C=O) groups is 5. The Morgan fingerprint density at radius 1 is 0.829 bits per heavy atom. The minimum Gasteiger partial charge on any atom is -0.460 e. The summed E-state index contributed by atoms with van der Waals surface area (Å²) in [6.07, 6.45) is 11.3. The Morgan fingerprint density at radius 3 is 2.26 bits per heavy atom. The molecule has 18 nitrogen and oxygen atoms in total. The number of carbonyl (C=O) groups excluding carboxylic acids is 5. The SMILES string of the molecule is CO[C@H]1C[C@@H]2CC[C@@H](C)[C@@](O)(O2)C(=O)C(=O)N2CCCC3[C@H]2C(=O)O[C@@H](CC(=O)[C@H](C)/C=C(\C)[C@@H](O)[C@@H](OC)C(=O)[C@H](C)C[C@H](C)/C=C/C=C/C=C/1C)[C@H]3C[C@@H]1CC[C@@H](OCCCS(=O)(=O)N2CCOCC2)[C@H](OC)C1. The highest BCUT2D eigenvalue weighted by atomic mass is 32.2. The van der Waals surface area contributed by atoms with Gasteiger partial charge in [-0.3, -0.25) is 19.2 Å². The van der Waals surface area contributed by atoms with E-state index in [0.717, 1.165) is 5.57 Å². The van der Waals surface area contributed by atoms with Gasteiger partial charge in [0, 0.05) is 84.1 Å². The van der Waals surface area contributed by atoms with Gasteiger partial charge in [0.05, 0.1) is 43.4 Å². The number of fused-ring (bicyclic) bond motifs is 3. The molecule has 1 unspecified atom stereocenters. The van der Waals surface area contributed by atoms with Crippen molar-refractivity contribution in [1.82, 2.24) is 9.21 Å². The molecule has 428 valence electrons. The number of nitrogens with zero attached hydrogens (tertiary/aromatic N) is 2. The van der Waals surface area contributed by atoms with Crippen LogP contribution in [0.1, 0.15) is 119 Å². The predicted molar refractivity (Wildman–Crippen MR) is 283 cm³/mol. The normalized spacial score (nSPS) is 39.9. The second kappa shape index (κ2) is 28.1. The maximum atomic E-state index is 14.7. The lowest BCUT2D eigenvalue weighted by Crippen LogP contribution is -2.65. The smallest absolute Gasteiger partial charge is 0.329 e. The highest BCUT2D eigenvalue weighted by molar-refractivity contribution is 7.89. The standard InChI is InChI=1S/C57H88N2O16S/c1-35-15-11-10-12-16-36(2)47(69-7)33-42-20-18-40(6)57(66,75-42)54(63)55(64)59-22-13-17-43-44(31-41-19-21-46(49(32-41)70-8)73-25-14-28-76(67,68)58-23-26-72-27-24-58)48(74-56(65)50(43)59)34-45(60)37(3)30-39(5)52(62)53(71-9)51(61)38(4)29-35/h10-12,15-16,30,35,37-38,40-44,46-50,52-53,62,66H,13-14,17-29,31-34H2,1-9H3/b12-10+,15-11+,36-16+,39-30+/t35-,37-,38-,40-,41+,42+,43?,44+,46-,47+,48+,49-,50+,52-,53+,57-/m1/s1. The van der Waals surface area contributed by atoms with Gasteiger partial charge in [0.25, 0.3) is 11.7 Å². The lowest BCUT2D eigenvalue weighted by molar-refractivity contribution is -0.266. The first-order chi connectivity index (χ1) is 36.1. The number of ether oxygens (including phenoxy) is 7. The predicted octanol–water partition coefficient (Wildman–Crippen LogP) is 5.48. The number of aliphatic hydroxyl groups is 2. The van der Waals surface area contributed by atoms with E-state index < -0.39 is 99.6 Å². The number of amides is 1. The Labute approximate surface area is 451 Å². The summed E-state index contributed by atoms with van der Waals surface area (Å²) in [6, 6.07) is -1.17. The van der Waals surface area contributed by atoms with E-state index >= 15 is 0 Å².